The Morgan fingerprint density at radius 1 is 1.63 bits per heavy atom. The van der Waals surface area contributed by atoms with E-state index in [1.165, 1.54) is 23.3 Å². The van der Waals surface area contributed by atoms with Crippen molar-refractivity contribution in [2.75, 3.05) is 13.2 Å². The monoisotopic (exact) mass is 280 g/mol. The minimum atomic E-state index is -0.252. The molecule has 1 aliphatic heterocycles. The highest BCUT2D eigenvalue weighted by molar-refractivity contribution is 7.14. The van der Waals surface area contributed by atoms with Crippen LogP contribution in [0.15, 0.2) is 6.07 Å². The van der Waals surface area contributed by atoms with Crippen molar-refractivity contribution in [2.45, 2.75) is 38.3 Å². The number of fused-ring (bicyclic) bond motifs is 1. The molecule has 1 unspecified atom stereocenters. The lowest BCUT2D eigenvalue weighted by molar-refractivity contribution is 0.0901. The van der Waals surface area contributed by atoms with Gasteiger partial charge in [-0.25, -0.2) is 0 Å². The quantitative estimate of drug-likeness (QED) is 0.882. The van der Waals surface area contributed by atoms with Gasteiger partial charge in [-0.05, 0) is 37.3 Å². The molecule has 3 rings (SSSR count). The highest BCUT2D eigenvalue weighted by atomic mass is 32.1. The standard InChI is InChI=1S/C14H20N2O2S/c1-14(8-15,10-2-3-10)16-13(17)12-6-9-7-18-5-4-11(9)19-12/h6,10H,2-5,7-8,15H2,1H3,(H,16,17). The molecule has 2 heterocycles. The first-order valence-electron chi connectivity index (χ1n) is 6.84. The number of nitrogens with two attached hydrogens (primary N) is 1. The Kier molecular flexibility index (Phi) is 3.37. The molecule has 0 spiro atoms. The summed E-state index contributed by atoms with van der Waals surface area (Å²) in [6.45, 7) is 3.95. The second-order valence-electron chi connectivity index (χ2n) is 5.71. The van der Waals surface area contributed by atoms with Crippen LogP contribution in [0, 0.1) is 5.92 Å². The van der Waals surface area contributed by atoms with Crippen LogP contribution in [0.3, 0.4) is 0 Å². The van der Waals surface area contributed by atoms with E-state index >= 15 is 0 Å². The summed E-state index contributed by atoms with van der Waals surface area (Å²) in [6.07, 6.45) is 3.26. The van der Waals surface area contributed by atoms with E-state index in [1.807, 2.05) is 6.07 Å². The fraction of sp³-hybridized carbons (Fsp3) is 0.643. The number of amides is 1. The maximum atomic E-state index is 12.4. The van der Waals surface area contributed by atoms with Crippen molar-refractivity contribution in [1.29, 1.82) is 0 Å². The van der Waals surface area contributed by atoms with Gasteiger partial charge in [0.25, 0.3) is 5.91 Å². The van der Waals surface area contributed by atoms with E-state index in [9.17, 15) is 4.79 Å². The third kappa shape index (κ3) is 2.55. The van der Waals surface area contributed by atoms with Crippen LogP contribution >= 0.6 is 11.3 Å². The second kappa shape index (κ2) is 4.89. The molecule has 1 atom stereocenters. The minimum absolute atomic E-state index is 0.0132. The van der Waals surface area contributed by atoms with E-state index in [0.717, 1.165) is 17.9 Å². The van der Waals surface area contributed by atoms with Crippen LogP contribution in [0.5, 0.6) is 0 Å². The maximum absolute atomic E-state index is 12.4. The fourth-order valence-electron chi connectivity index (χ4n) is 2.62. The van der Waals surface area contributed by atoms with E-state index < -0.39 is 0 Å². The smallest absolute Gasteiger partial charge is 0.261 e. The van der Waals surface area contributed by atoms with Crippen molar-refractivity contribution in [3.8, 4) is 0 Å². The van der Waals surface area contributed by atoms with E-state index in [1.54, 1.807) is 11.3 Å². The predicted octanol–water partition coefficient (Wildman–Crippen LogP) is 1.68. The summed E-state index contributed by atoms with van der Waals surface area (Å²) in [6, 6.07) is 1.97. The molecule has 1 aromatic heterocycles. The van der Waals surface area contributed by atoms with Gasteiger partial charge in [-0.3, -0.25) is 4.79 Å². The second-order valence-corrected chi connectivity index (χ2v) is 6.85. The molecule has 4 nitrogen and oxygen atoms in total. The Bertz CT molecular complexity index is 472. The number of nitrogens with one attached hydrogen (secondary N) is 1. The number of ether oxygens (including phenoxy) is 1. The maximum Gasteiger partial charge on any atom is 0.261 e. The van der Waals surface area contributed by atoms with Crippen molar-refractivity contribution in [3.05, 3.63) is 21.4 Å². The number of carbonyl (C=O) groups is 1. The van der Waals surface area contributed by atoms with Crippen LogP contribution in [0.1, 0.15) is 39.9 Å². The Labute approximate surface area is 117 Å². The molecule has 1 saturated carbocycles. The zero-order chi connectivity index (χ0) is 13.5. The molecule has 0 bridgehead atoms. The molecule has 2 aliphatic rings. The highest BCUT2D eigenvalue weighted by Gasteiger charge is 2.41. The molecule has 104 valence electrons. The zero-order valence-corrected chi connectivity index (χ0v) is 12.0. The van der Waals surface area contributed by atoms with Crippen molar-refractivity contribution in [3.63, 3.8) is 0 Å². The summed E-state index contributed by atoms with van der Waals surface area (Å²) in [5.74, 6) is 0.554. The fourth-order valence-corrected chi connectivity index (χ4v) is 3.67. The zero-order valence-electron chi connectivity index (χ0n) is 11.2. The largest absolute Gasteiger partial charge is 0.376 e. The summed E-state index contributed by atoms with van der Waals surface area (Å²) in [4.78, 5) is 14.4. The first-order valence-corrected chi connectivity index (χ1v) is 7.66. The molecule has 0 radical (unpaired) electrons. The SMILES string of the molecule is CC(CN)(NC(=O)c1cc2c(s1)CCOC2)C1CC1. The topological polar surface area (TPSA) is 64.3 Å². The molecule has 3 N–H and O–H groups in total. The molecule has 5 heteroatoms. The molecular weight excluding hydrogens is 260 g/mol. The van der Waals surface area contributed by atoms with E-state index in [4.69, 9.17) is 10.5 Å². The lowest BCUT2D eigenvalue weighted by Crippen LogP contribution is -2.53. The third-order valence-corrected chi connectivity index (χ3v) is 5.39. The van der Waals surface area contributed by atoms with Crippen LogP contribution in [0.25, 0.3) is 0 Å². The first-order chi connectivity index (χ1) is 9.12. The predicted molar refractivity (Wildman–Crippen MR) is 75.3 cm³/mol. The third-order valence-electron chi connectivity index (χ3n) is 4.15. The van der Waals surface area contributed by atoms with Crippen molar-refractivity contribution in [1.82, 2.24) is 5.32 Å². The molecule has 0 saturated heterocycles. The van der Waals surface area contributed by atoms with Crippen molar-refractivity contribution < 1.29 is 9.53 Å². The highest BCUT2D eigenvalue weighted by Crippen LogP contribution is 2.39. The summed E-state index contributed by atoms with van der Waals surface area (Å²) in [7, 11) is 0. The molecule has 19 heavy (non-hydrogen) atoms. The van der Waals surface area contributed by atoms with Crippen LogP contribution in [-0.2, 0) is 17.8 Å². The van der Waals surface area contributed by atoms with Gasteiger partial charge in [0, 0.05) is 17.8 Å². The lowest BCUT2D eigenvalue weighted by Gasteiger charge is -2.29. The number of rotatable bonds is 4. The number of hydrogen-bond donors (Lipinski definition) is 2. The van der Waals surface area contributed by atoms with Gasteiger partial charge in [-0.1, -0.05) is 0 Å². The molecule has 1 aromatic rings. The molecule has 0 aromatic carbocycles. The Hall–Kier alpha value is -0.910. The van der Waals surface area contributed by atoms with Crippen molar-refractivity contribution >= 4 is 17.2 Å². The Morgan fingerprint density at radius 3 is 3.05 bits per heavy atom. The van der Waals surface area contributed by atoms with Gasteiger partial charge < -0.3 is 15.8 Å². The number of carbonyl (C=O) groups excluding carboxylic acids is 1. The Balaban J connectivity index is 1.74. The van der Waals surface area contributed by atoms with Crippen LogP contribution in [0.4, 0.5) is 0 Å². The Morgan fingerprint density at radius 2 is 2.42 bits per heavy atom. The molecular formula is C14H20N2O2S. The van der Waals surface area contributed by atoms with Gasteiger partial charge in [0.05, 0.1) is 23.6 Å². The average Bonchev–Trinajstić information content (AvgIpc) is 3.18. The van der Waals surface area contributed by atoms with Crippen LogP contribution in [-0.4, -0.2) is 24.6 Å². The summed E-state index contributed by atoms with van der Waals surface area (Å²) in [5, 5.41) is 3.14. The number of hydrogen-bond acceptors (Lipinski definition) is 4. The van der Waals surface area contributed by atoms with Crippen LogP contribution in [0.2, 0.25) is 0 Å². The van der Waals surface area contributed by atoms with E-state index in [0.29, 0.717) is 19.1 Å². The minimum Gasteiger partial charge on any atom is -0.376 e. The lowest BCUT2D eigenvalue weighted by atomic mass is 9.96. The van der Waals surface area contributed by atoms with Gasteiger partial charge in [0.1, 0.15) is 0 Å². The van der Waals surface area contributed by atoms with Gasteiger partial charge in [-0.2, -0.15) is 0 Å². The van der Waals surface area contributed by atoms with Gasteiger partial charge in [0.15, 0.2) is 0 Å². The van der Waals surface area contributed by atoms with Gasteiger partial charge >= 0.3 is 0 Å². The summed E-state index contributed by atoms with van der Waals surface area (Å²) >= 11 is 1.59. The average molecular weight is 280 g/mol. The van der Waals surface area contributed by atoms with E-state index in [2.05, 4.69) is 12.2 Å². The molecule has 1 aliphatic carbocycles. The van der Waals surface area contributed by atoms with Gasteiger partial charge in [0.2, 0.25) is 0 Å². The summed E-state index contributed by atoms with van der Waals surface area (Å²) in [5.41, 5.74) is 6.76. The summed E-state index contributed by atoms with van der Waals surface area (Å²) < 4.78 is 5.41. The van der Waals surface area contributed by atoms with Crippen LogP contribution < -0.4 is 11.1 Å². The number of thiophene rings is 1. The normalized spacial score (nSPS) is 21.6. The molecule has 1 fully saturated rings. The van der Waals surface area contributed by atoms with Gasteiger partial charge in [-0.15, -0.1) is 11.3 Å². The van der Waals surface area contributed by atoms with Crippen molar-refractivity contribution in [2.24, 2.45) is 11.7 Å². The first kappa shape index (κ1) is 13.1. The molecule has 1 amide bonds. The van der Waals surface area contributed by atoms with E-state index in [-0.39, 0.29) is 11.4 Å².